The number of aromatic nitrogens is 2. The topological polar surface area (TPSA) is 104 Å². The van der Waals surface area contributed by atoms with Crippen LogP contribution in [0.3, 0.4) is 0 Å². The van der Waals surface area contributed by atoms with Crippen LogP contribution in [0.15, 0.2) is 30.6 Å². The third kappa shape index (κ3) is 4.71. The van der Waals surface area contributed by atoms with Gasteiger partial charge in [-0.15, -0.1) is 11.3 Å². The average molecular weight is 413 g/mol. The molecule has 8 heteroatoms. The van der Waals surface area contributed by atoms with E-state index in [9.17, 15) is 9.59 Å². The first-order chi connectivity index (χ1) is 13.9. The highest BCUT2D eigenvalue weighted by Gasteiger charge is 2.19. The molecular formula is C21H24N4O3S. The van der Waals surface area contributed by atoms with Gasteiger partial charge >= 0.3 is 5.97 Å². The maximum Gasteiger partial charge on any atom is 0.326 e. The van der Waals surface area contributed by atoms with Crippen molar-refractivity contribution in [3.05, 3.63) is 41.0 Å². The molecule has 3 N–H and O–H groups in total. The summed E-state index contributed by atoms with van der Waals surface area (Å²) in [5.41, 5.74) is 3.38. The first-order valence-electron chi connectivity index (χ1n) is 9.47. The second-order valence-electron chi connectivity index (χ2n) is 6.85. The van der Waals surface area contributed by atoms with Crippen LogP contribution in [-0.2, 0) is 9.59 Å². The highest BCUT2D eigenvalue weighted by Crippen LogP contribution is 2.40. The Morgan fingerprint density at radius 2 is 1.90 bits per heavy atom. The van der Waals surface area contributed by atoms with E-state index < -0.39 is 12.0 Å². The molecule has 1 atom stereocenters. The van der Waals surface area contributed by atoms with E-state index in [-0.39, 0.29) is 12.3 Å². The second-order valence-corrected chi connectivity index (χ2v) is 8.05. The van der Waals surface area contributed by atoms with E-state index in [4.69, 9.17) is 5.11 Å². The number of anilines is 1. The number of nitrogens with one attached hydrogen (secondary N) is 2. The summed E-state index contributed by atoms with van der Waals surface area (Å²) >= 11 is 1.61. The third-order valence-electron chi connectivity index (χ3n) is 4.69. The van der Waals surface area contributed by atoms with Crippen LogP contribution in [0.4, 0.5) is 5.82 Å². The summed E-state index contributed by atoms with van der Waals surface area (Å²) in [4.78, 5) is 33.9. The van der Waals surface area contributed by atoms with Gasteiger partial charge in [-0.2, -0.15) is 0 Å². The molecule has 3 aromatic rings. The number of hydrogen-bond acceptors (Lipinski definition) is 6. The third-order valence-corrected chi connectivity index (χ3v) is 5.70. The lowest BCUT2D eigenvalue weighted by molar-refractivity contribution is -0.141. The molecule has 0 saturated heterocycles. The minimum atomic E-state index is -1.03. The molecule has 1 unspecified atom stereocenters. The average Bonchev–Trinajstić information content (AvgIpc) is 3.03. The van der Waals surface area contributed by atoms with E-state index in [1.54, 1.807) is 18.3 Å². The normalized spacial score (nSPS) is 12.0. The van der Waals surface area contributed by atoms with E-state index in [1.807, 2.05) is 0 Å². The number of hydrogen-bond donors (Lipinski definition) is 3. The lowest BCUT2D eigenvalue weighted by atomic mass is 10.0. The number of nitrogens with zero attached hydrogens (tertiary/aromatic N) is 2. The van der Waals surface area contributed by atoms with Crippen molar-refractivity contribution in [3.8, 4) is 11.1 Å². The van der Waals surface area contributed by atoms with E-state index in [2.05, 4.69) is 58.7 Å². The molecule has 2 aromatic heterocycles. The number of aryl methyl sites for hydroxylation is 2. The Morgan fingerprint density at radius 1 is 1.17 bits per heavy atom. The van der Waals surface area contributed by atoms with Crippen LogP contribution in [-0.4, -0.2) is 39.5 Å². The van der Waals surface area contributed by atoms with E-state index in [1.165, 1.54) is 11.9 Å². The molecule has 0 aliphatic rings. The monoisotopic (exact) mass is 412 g/mol. The Hall–Kier alpha value is -3.00. The number of benzene rings is 1. The molecule has 1 aromatic carbocycles. The Balaban J connectivity index is 1.79. The molecule has 0 radical (unpaired) electrons. The van der Waals surface area contributed by atoms with E-state index in [0.29, 0.717) is 18.8 Å². The van der Waals surface area contributed by atoms with Gasteiger partial charge < -0.3 is 15.7 Å². The number of carbonyl (C=O) groups excluding carboxylic acids is 1. The fourth-order valence-electron chi connectivity index (χ4n) is 3.15. The molecular weight excluding hydrogens is 388 g/mol. The zero-order chi connectivity index (χ0) is 21.0. The summed E-state index contributed by atoms with van der Waals surface area (Å²) in [5, 5.41) is 15.7. The van der Waals surface area contributed by atoms with Crippen molar-refractivity contribution < 1.29 is 14.7 Å². The molecule has 152 valence electrons. The number of amides is 1. The van der Waals surface area contributed by atoms with Crippen molar-refractivity contribution in [2.75, 3.05) is 11.9 Å². The summed E-state index contributed by atoms with van der Waals surface area (Å²) in [6.45, 7) is 6.18. The lowest BCUT2D eigenvalue weighted by Gasteiger charge is -2.13. The number of thiophene rings is 1. The van der Waals surface area contributed by atoms with Crippen molar-refractivity contribution in [2.45, 2.75) is 39.7 Å². The van der Waals surface area contributed by atoms with Crippen LogP contribution >= 0.6 is 11.3 Å². The Labute approximate surface area is 173 Å². The van der Waals surface area contributed by atoms with Gasteiger partial charge in [-0.1, -0.05) is 36.8 Å². The van der Waals surface area contributed by atoms with Gasteiger partial charge in [0.05, 0.1) is 5.39 Å². The van der Waals surface area contributed by atoms with Gasteiger partial charge in [-0.3, -0.25) is 4.79 Å². The number of aliphatic carboxylic acids is 1. The molecule has 29 heavy (non-hydrogen) atoms. The standard InChI is InChI=1S/C21H24N4O3S/c1-4-15(21(27)28)25-16(26)9-10-22-19-18-17(14-7-5-12(2)6-8-14)13(3)29-20(18)24-11-23-19/h5-8,11,15H,4,9-10H2,1-3H3,(H,25,26)(H,27,28)(H,22,23,24). The summed E-state index contributed by atoms with van der Waals surface area (Å²) in [6.07, 6.45) is 2.00. The maximum absolute atomic E-state index is 12.0. The maximum atomic E-state index is 12.0. The zero-order valence-corrected chi connectivity index (χ0v) is 17.5. The number of carboxylic acid groups (broad SMARTS) is 1. The van der Waals surface area contributed by atoms with Crippen LogP contribution in [0, 0.1) is 13.8 Å². The highest BCUT2D eigenvalue weighted by atomic mass is 32.1. The van der Waals surface area contributed by atoms with Gasteiger partial charge in [0.25, 0.3) is 0 Å². The quantitative estimate of drug-likeness (QED) is 0.520. The predicted molar refractivity (Wildman–Crippen MR) is 115 cm³/mol. The smallest absolute Gasteiger partial charge is 0.326 e. The van der Waals surface area contributed by atoms with Gasteiger partial charge in [-0.05, 0) is 25.8 Å². The molecule has 7 nitrogen and oxygen atoms in total. The Kier molecular flexibility index (Phi) is 6.43. The highest BCUT2D eigenvalue weighted by molar-refractivity contribution is 7.19. The second kappa shape index (κ2) is 9.00. The minimum absolute atomic E-state index is 0.151. The van der Waals surface area contributed by atoms with Gasteiger partial charge in [0.15, 0.2) is 0 Å². The number of rotatable bonds is 8. The van der Waals surface area contributed by atoms with Gasteiger partial charge in [0, 0.05) is 23.4 Å². The molecule has 0 aliphatic carbocycles. The van der Waals surface area contributed by atoms with E-state index in [0.717, 1.165) is 26.2 Å². The van der Waals surface area contributed by atoms with Crippen molar-refractivity contribution in [3.63, 3.8) is 0 Å². The van der Waals surface area contributed by atoms with Gasteiger partial charge in [0.1, 0.15) is 23.0 Å². The van der Waals surface area contributed by atoms with E-state index >= 15 is 0 Å². The van der Waals surface area contributed by atoms with Crippen LogP contribution in [0.25, 0.3) is 21.3 Å². The Morgan fingerprint density at radius 3 is 2.55 bits per heavy atom. The summed E-state index contributed by atoms with van der Waals surface area (Å²) in [5.74, 6) is -0.659. The van der Waals surface area contributed by atoms with Gasteiger partial charge in [0.2, 0.25) is 5.91 Å². The van der Waals surface area contributed by atoms with Crippen molar-refractivity contribution >= 4 is 39.2 Å². The predicted octanol–water partition coefficient (Wildman–Crippen LogP) is 3.76. The van der Waals surface area contributed by atoms with Gasteiger partial charge in [-0.25, -0.2) is 14.8 Å². The van der Waals surface area contributed by atoms with Crippen molar-refractivity contribution in [1.29, 1.82) is 0 Å². The Bertz CT molecular complexity index is 1030. The van der Waals surface area contributed by atoms with Crippen LogP contribution in [0.5, 0.6) is 0 Å². The molecule has 0 spiro atoms. The molecule has 0 bridgehead atoms. The SMILES string of the molecule is CCC(NC(=O)CCNc1ncnc2sc(C)c(-c3ccc(C)cc3)c12)C(=O)O. The molecule has 2 heterocycles. The molecule has 0 fully saturated rings. The van der Waals surface area contributed by atoms with Crippen molar-refractivity contribution in [2.24, 2.45) is 0 Å². The van der Waals surface area contributed by atoms with Crippen LogP contribution < -0.4 is 10.6 Å². The first-order valence-corrected chi connectivity index (χ1v) is 10.3. The minimum Gasteiger partial charge on any atom is -0.480 e. The largest absolute Gasteiger partial charge is 0.480 e. The van der Waals surface area contributed by atoms with Crippen LogP contribution in [0.2, 0.25) is 0 Å². The molecule has 0 saturated carbocycles. The summed E-state index contributed by atoms with van der Waals surface area (Å²) in [7, 11) is 0. The zero-order valence-electron chi connectivity index (χ0n) is 16.7. The molecule has 0 aliphatic heterocycles. The fourth-order valence-corrected chi connectivity index (χ4v) is 4.16. The van der Waals surface area contributed by atoms with Crippen molar-refractivity contribution in [1.82, 2.24) is 15.3 Å². The molecule has 3 rings (SSSR count). The van der Waals surface area contributed by atoms with Crippen LogP contribution in [0.1, 0.15) is 30.2 Å². The molecule has 1 amide bonds. The number of fused-ring (bicyclic) bond motifs is 1. The number of carboxylic acids is 1. The summed E-state index contributed by atoms with van der Waals surface area (Å²) < 4.78 is 0. The first kappa shape index (κ1) is 20.7. The lowest BCUT2D eigenvalue weighted by Crippen LogP contribution is -2.40. The summed E-state index contributed by atoms with van der Waals surface area (Å²) in [6, 6.07) is 7.47. The number of carbonyl (C=O) groups is 2. The fraction of sp³-hybridized carbons (Fsp3) is 0.333.